The van der Waals surface area contributed by atoms with E-state index in [4.69, 9.17) is 10.5 Å². The Morgan fingerprint density at radius 3 is 2.50 bits per heavy atom. The molecule has 118 valence electrons. The van der Waals surface area contributed by atoms with Gasteiger partial charge in [0.1, 0.15) is 11.8 Å². The van der Waals surface area contributed by atoms with Crippen molar-refractivity contribution in [2.45, 2.75) is 6.42 Å². The van der Waals surface area contributed by atoms with E-state index in [1.807, 2.05) is 12.1 Å². The predicted octanol–water partition coefficient (Wildman–Crippen LogP) is 4.21. The number of azo groups is 1. The molecule has 2 aromatic carbocycles. The zero-order chi connectivity index (χ0) is 17.4. The highest BCUT2D eigenvalue weighted by Gasteiger charge is 2.10. The van der Waals surface area contributed by atoms with E-state index in [9.17, 15) is 10.1 Å². The second kappa shape index (κ2) is 8.01. The fourth-order valence-electron chi connectivity index (χ4n) is 1.83. The van der Waals surface area contributed by atoms with Crippen molar-refractivity contribution in [1.29, 1.82) is 10.5 Å². The Bertz CT molecular complexity index is 846. The fourth-order valence-corrected chi connectivity index (χ4v) is 1.83. The van der Waals surface area contributed by atoms with E-state index in [2.05, 4.69) is 15.5 Å². The average Bonchev–Trinajstić information content (AvgIpc) is 2.61. The van der Waals surface area contributed by atoms with Crippen LogP contribution in [-0.4, -0.2) is 11.5 Å². The van der Waals surface area contributed by atoms with Gasteiger partial charge in [0.2, 0.25) is 0 Å². The van der Waals surface area contributed by atoms with Gasteiger partial charge in [-0.1, -0.05) is 0 Å². The number of nitro benzene ring substituents is 1. The molecular formula is C16H12N6O2. The summed E-state index contributed by atoms with van der Waals surface area (Å²) < 4.78 is 0. The summed E-state index contributed by atoms with van der Waals surface area (Å²) in [6, 6.07) is 14.8. The molecule has 0 aliphatic rings. The first-order chi connectivity index (χ1) is 11.6. The Kier molecular flexibility index (Phi) is 5.54. The topological polar surface area (TPSA) is 127 Å². The van der Waals surface area contributed by atoms with Crippen molar-refractivity contribution < 1.29 is 4.92 Å². The maximum atomic E-state index is 10.7. The summed E-state index contributed by atoms with van der Waals surface area (Å²) in [7, 11) is 0. The second-order valence-corrected chi connectivity index (χ2v) is 4.65. The molecule has 24 heavy (non-hydrogen) atoms. The SMILES string of the molecule is N#CCCNc1ccc(N=Nc2ccc([N+](=O)[O-])cc2C#N)cc1. The predicted molar refractivity (Wildman–Crippen MR) is 87.1 cm³/mol. The van der Waals surface area contributed by atoms with Gasteiger partial charge in [0.15, 0.2) is 0 Å². The van der Waals surface area contributed by atoms with E-state index >= 15 is 0 Å². The Labute approximate surface area is 137 Å². The minimum absolute atomic E-state index is 0.0859. The minimum Gasteiger partial charge on any atom is -0.384 e. The molecule has 0 atom stereocenters. The summed E-state index contributed by atoms with van der Waals surface area (Å²) in [6.45, 7) is 0.561. The third-order valence-corrected chi connectivity index (χ3v) is 3.02. The van der Waals surface area contributed by atoms with Crippen LogP contribution in [0.5, 0.6) is 0 Å². The van der Waals surface area contributed by atoms with Gasteiger partial charge in [0.05, 0.1) is 28.7 Å². The number of hydrogen-bond acceptors (Lipinski definition) is 7. The first-order valence-corrected chi connectivity index (χ1v) is 6.95. The summed E-state index contributed by atoms with van der Waals surface area (Å²) >= 11 is 0. The Morgan fingerprint density at radius 1 is 1.12 bits per heavy atom. The van der Waals surface area contributed by atoms with Crippen molar-refractivity contribution in [3.63, 3.8) is 0 Å². The summed E-state index contributed by atoms with van der Waals surface area (Å²) in [5.41, 5.74) is 1.61. The summed E-state index contributed by atoms with van der Waals surface area (Å²) in [5.74, 6) is 0. The van der Waals surface area contributed by atoms with E-state index < -0.39 is 4.92 Å². The number of benzene rings is 2. The Morgan fingerprint density at radius 2 is 1.88 bits per heavy atom. The minimum atomic E-state index is -0.570. The molecule has 0 bridgehead atoms. The van der Waals surface area contributed by atoms with Crippen molar-refractivity contribution >= 4 is 22.7 Å². The first-order valence-electron chi connectivity index (χ1n) is 6.95. The molecule has 8 nitrogen and oxygen atoms in total. The van der Waals surface area contributed by atoms with Crippen LogP contribution in [0.15, 0.2) is 52.7 Å². The van der Waals surface area contributed by atoms with Crippen LogP contribution < -0.4 is 5.32 Å². The van der Waals surface area contributed by atoms with Gasteiger partial charge in [0, 0.05) is 24.4 Å². The third kappa shape index (κ3) is 4.36. The van der Waals surface area contributed by atoms with E-state index in [1.165, 1.54) is 12.1 Å². The molecule has 0 amide bonds. The lowest BCUT2D eigenvalue weighted by Crippen LogP contribution is -1.99. The standard InChI is InChI=1S/C16H12N6O2/c17-8-1-9-19-13-2-4-14(5-3-13)20-21-16-7-6-15(22(23)24)10-12(16)11-18/h2-7,10,19H,1,9H2. The van der Waals surface area contributed by atoms with Crippen LogP contribution >= 0.6 is 0 Å². The average molecular weight is 320 g/mol. The first kappa shape index (κ1) is 16.6. The number of non-ortho nitro benzene ring substituents is 1. The fraction of sp³-hybridized carbons (Fsp3) is 0.125. The van der Waals surface area contributed by atoms with Gasteiger partial charge < -0.3 is 5.32 Å². The van der Waals surface area contributed by atoms with Crippen molar-refractivity contribution in [3.05, 3.63) is 58.1 Å². The normalized spacial score (nSPS) is 10.1. The number of nitrogens with zero attached hydrogens (tertiary/aromatic N) is 5. The molecule has 0 radical (unpaired) electrons. The number of hydrogen-bond donors (Lipinski definition) is 1. The molecule has 0 heterocycles. The van der Waals surface area contributed by atoms with Crippen LogP contribution in [0.25, 0.3) is 0 Å². The number of nitro groups is 1. The second-order valence-electron chi connectivity index (χ2n) is 4.65. The highest BCUT2D eigenvalue weighted by Crippen LogP contribution is 2.26. The molecule has 8 heteroatoms. The van der Waals surface area contributed by atoms with E-state index in [-0.39, 0.29) is 16.9 Å². The van der Waals surface area contributed by atoms with Gasteiger partial charge in [-0.25, -0.2) is 0 Å². The number of anilines is 1. The monoisotopic (exact) mass is 320 g/mol. The molecule has 0 aliphatic carbocycles. The van der Waals surface area contributed by atoms with Gasteiger partial charge in [-0.3, -0.25) is 10.1 Å². The van der Waals surface area contributed by atoms with Crippen molar-refractivity contribution in [2.24, 2.45) is 10.2 Å². The van der Waals surface area contributed by atoms with Gasteiger partial charge in [-0.05, 0) is 30.3 Å². The lowest BCUT2D eigenvalue weighted by atomic mass is 10.2. The quantitative estimate of drug-likeness (QED) is 0.369. The van der Waals surface area contributed by atoms with Gasteiger partial charge in [-0.15, -0.1) is 5.11 Å². The lowest BCUT2D eigenvalue weighted by Gasteiger charge is -2.03. The van der Waals surface area contributed by atoms with Crippen LogP contribution in [0.4, 0.5) is 22.7 Å². The van der Waals surface area contributed by atoms with Crippen molar-refractivity contribution in [3.8, 4) is 12.1 Å². The maximum absolute atomic E-state index is 10.7. The third-order valence-electron chi connectivity index (χ3n) is 3.02. The van der Waals surface area contributed by atoms with Crippen LogP contribution in [0.3, 0.4) is 0 Å². The van der Waals surface area contributed by atoms with Crippen LogP contribution in [0, 0.1) is 32.8 Å². The van der Waals surface area contributed by atoms with Gasteiger partial charge in [-0.2, -0.15) is 15.6 Å². The summed E-state index contributed by atoms with van der Waals surface area (Å²) in [6.07, 6.45) is 0.415. The molecule has 0 fully saturated rings. The molecule has 0 saturated carbocycles. The molecule has 0 aliphatic heterocycles. The number of rotatable bonds is 6. The number of nitriles is 2. The van der Waals surface area contributed by atoms with E-state index in [0.29, 0.717) is 18.7 Å². The van der Waals surface area contributed by atoms with Crippen molar-refractivity contribution in [2.75, 3.05) is 11.9 Å². The zero-order valence-electron chi connectivity index (χ0n) is 12.5. The molecular weight excluding hydrogens is 308 g/mol. The van der Waals surface area contributed by atoms with Crippen molar-refractivity contribution in [1.82, 2.24) is 0 Å². The molecule has 2 aromatic rings. The van der Waals surface area contributed by atoms with Gasteiger partial charge in [0.25, 0.3) is 5.69 Å². The molecule has 0 aromatic heterocycles. The smallest absolute Gasteiger partial charge is 0.270 e. The largest absolute Gasteiger partial charge is 0.384 e. The summed E-state index contributed by atoms with van der Waals surface area (Å²) in [5, 5.41) is 39.3. The highest BCUT2D eigenvalue weighted by molar-refractivity contribution is 5.58. The zero-order valence-corrected chi connectivity index (χ0v) is 12.5. The molecule has 0 unspecified atom stereocenters. The Hall–Kier alpha value is -3.78. The van der Waals surface area contributed by atoms with Crippen LogP contribution in [0.1, 0.15) is 12.0 Å². The van der Waals surface area contributed by atoms with Gasteiger partial charge >= 0.3 is 0 Å². The highest BCUT2D eigenvalue weighted by atomic mass is 16.6. The maximum Gasteiger partial charge on any atom is 0.270 e. The van der Waals surface area contributed by atoms with E-state index in [1.54, 1.807) is 24.3 Å². The molecule has 0 saturated heterocycles. The molecule has 2 rings (SSSR count). The molecule has 1 N–H and O–H groups in total. The van der Waals surface area contributed by atoms with Crippen LogP contribution in [0.2, 0.25) is 0 Å². The Balaban J connectivity index is 2.12. The lowest BCUT2D eigenvalue weighted by molar-refractivity contribution is -0.384. The van der Waals surface area contributed by atoms with E-state index in [0.717, 1.165) is 11.8 Å². The molecule has 0 spiro atoms. The van der Waals surface area contributed by atoms with Crippen LogP contribution in [-0.2, 0) is 0 Å². The number of nitrogens with one attached hydrogen (secondary N) is 1. The summed E-state index contributed by atoms with van der Waals surface area (Å²) in [4.78, 5) is 10.1.